The van der Waals surface area contributed by atoms with Crippen LogP contribution in [0, 0.1) is 10.1 Å². The molecule has 2 aromatic carbocycles. The van der Waals surface area contributed by atoms with E-state index in [1.165, 1.54) is 50.6 Å². The van der Waals surface area contributed by atoms with E-state index >= 15 is 0 Å². The van der Waals surface area contributed by atoms with Crippen LogP contribution in [0.1, 0.15) is 11.5 Å². The first-order valence-electron chi connectivity index (χ1n) is 8.75. The highest BCUT2D eigenvalue weighted by Gasteiger charge is 2.13. The topological polar surface area (TPSA) is 127 Å². The molecule has 3 aromatic rings. The molecule has 31 heavy (non-hydrogen) atoms. The smallest absolute Gasteiger partial charge is 0.331 e. The van der Waals surface area contributed by atoms with Gasteiger partial charge in [0.15, 0.2) is 18.1 Å². The highest BCUT2D eigenvalue weighted by molar-refractivity contribution is 6.32. The van der Waals surface area contributed by atoms with E-state index in [9.17, 15) is 14.9 Å². The molecule has 10 nitrogen and oxygen atoms in total. The van der Waals surface area contributed by atoms with Crippen molar-refractivity contribution in [1.82, 2.24) is 10.2 Å². The van der Waals surface area contributed by atoms with Gasteiger partial charge in [-0.25, -0.2) is 4.79 Å². The average Bonchev–Trinajstić information content (AvgIpc) is 3.25. The molecule has 1 heterocycles. The fourth-order valence-corrected chi connectivity index (χ4v) is 2.83. The van der Waals surface area contributed by atoms with Crippen LogP contribution < -0.4 is 9.47 Å². The van der Waals surface area contributed by atoms with E-state index in [0.29, 0.717) is 27.6 Å². The molecule has 0 N–H and O–H groups in total. The van der Waals surface area contributed by atoms with Gasteiger partial charge in [0.1, 0.15) is 0 Å². The summed E-state index contributed by atoms with van der Waals surface area (Å²) in [5.41, 5.74) is 1.05. The van der Waals surface area contributed by atoms with Gasteiger partial charge in [-0.05, 0) is 35.9 Å². The Morgan fingerprint density at radius 2 is 1.94 bits per heavy atom. The number of carbonyl (C=O) groups is 1. The van der Waals surface area contributed by atoms with Crippen molar-refractivity contribution in [3.63, 3.8) is 0 Å². The molecule has 0 aliphatic carbocycles. The number of carbonyl (C=O) groups excluding carboxylic acids is 1. The van der Waals surface area contributed by atoms with E-state index in [0.717, 1.165) is 0 Å². The third-order valence-electron chi connectivity index (χ3n) is 4.00. The molecule has 3 rings (SSSR count). The second-order valence-electron chi connectivity index (χ2n) is 5.98. The molecule has 11 heteroatoms. The number of halogens is 1. The molecule has 160 valence electrons. The van der Waals surface area contributed by atoms with Gasteiger partial charge >= 0.3 is 5.97 Å². The minimum atomic E-state index is -0.638. The summed E-state index contributed by atoms with van der Waals surface area (Å²) in [6, 6.07) is 8.88. The number of aromatic nitrogens is 2. The summed E-state index contributed by atoms with van der Waals surface area (Å²) in [6.07, 6.45) is 2.72. The van der Waals surface area contributed by atoms with Crippen LogP contribution in [0.25, 0.3) is 17.5 Å². The number of rotatable bonds is 8. The highest BCUT2D eigenvalue weighted by Crippen LogP contribution is 2.36. The Balaban J connectivity index is 1.60. The minimum Gasteiger partial charge on any atom is -0.493 e. The number of methoxy groups -OCH3 is 2. The van der Waals surface area contributed by atoms with Crippen molar-refractivity contribution in [3.8, 4) is 23.0 Å². The van der Waals surface area contributed by atoms with E-state index in [1.807, 2.05) is 0 Å². The summed E-state index contributed by atoms with van der Waals surface area (Å²) >= 11 is 6.13. The van der Waals surface area contributed by atoms with Gasteiger partial charge in [0, 0.05) is 23.8 Å². The van der Waals surface area contributed by atoms with E-state index < -0.39 is 10.9 Å². The van der Waals surface area contributed by atoms with Crippen LogP contribution in [0.5, 0.6) is 11.5 Å². The molecule has 0 aliphatic rings. The van der Waals surface area contributed by atoms with Crippen LogP contribution in [0.4, 0.5) is 5.69 Å². The van der Waals surface area contributed by atoms with Crippen molar-refractivity contribution >= 4 is 29.3 Å². The van der Waals surface area contributed by atoms with Crippen LogP contribution in [-0.2, 0) is 16.1 Å². The summed E-state index contributed by atoms with van der Waals surface area (Å²) in [5, 5.41) is 18.7. The third kappa shape index (κ3) is 5.37. The van der Waals surface area contributed by atoms with Gasteiger partial charge in [-0.1, -0.05) is 11.6 Å². The summed E-state index contributed by atoms with van der Waals surface area (Å²) in [5.74, 6) is 0.401. The number of esters is 1. The number of ether oxygens (including phenoxy) is 3. The zero-order chi connectivity index (χ0) is 22.4. The second kappa shape index (κ2) is 9.72. The Morgan fingerprint density at radius 3 is 2.58 bits per heavy atom. The van der Waals surface area contributed by atoms with Crippen LogP contribution in [-0.4, -0.2) is 35.3 Å². The number of hydrogen-bond acceptors (Lipinski definition) is 9. The number of nitrogens with zero attached hydrogens (tertiary/aromatic N) is 3. The quantitative estimate of drug-likeness (QED) is 0.218. The Bertz CT molecular complexity index is 1130. The molecule has 0 bridgehead atoms. The molecule has 0 atom stereocenters. The Kier molecular flexibility index (Phi) is 6.83. The van der Waals surface area contributed by atoms with E-state index in [2.05, 4.69) is 10.2 Å². The van der Waals surface area contributed by atoms with Gasteiger partial charge < -0.3 is 18.6 Å². The number of nitro benzene ring substituents is 1. The van der Waals surface area contributed by atoms with Gasteiger partial charge in [-0.15, -0.1) is 10.2 Å². The predicted octanol–water partition coefficient (Wildman–Crippen LogP) is 4.07. The van der Waals surface area contributed by atoms with Crippen molar-refractivity contribution in [3.05, 3.63) is 69.1 Å². The molecule has 0 aliphatic heterocycles. The van der Waals surface area contributed by atoms with Crippen molar-refractivity contribution in [1.29, 1.82) is 0 Å². The molecular weight excluding hydrogens is 430 g/mol. The number of nitro groups is 1. The molecule has 1 aromatic heterocycles. The number of benzene rings is 2. The fourth-order valence-electron chi connectivity index (χ4n) is 2.53. The molecule has 0 radical (unpaired) electrons. The fraction of sp³-hybridized carbons (Fsp3) is 0.150. The second-order valence-corrected chi connectivity index (χ2v) is 6.39. The maximum absolute atomic E-state index is 12.0. The monoisotopic (exact) mass is 445 g/mol. The van der Waals surface area contributed by atoms with E-state index in [1.54, 1.807) is 12.1 Å². The average molecular weight is 446 g/mol. The molecule has 0 amide bonds. The van der Waals surface area contributed by atoms with Crippen LogP contribution in [0.2, 0.25) is 5.02 Å². The predicted molar refractivity (Wildman–Crippen MR) is 110 cm³/mol. The zero-order valence-corrected chi connectivity index (χ0v) is 17.2. The molecular formula is C20H16ClN3O7. The zero-order valence-electron chi connectivity index (χ0n) is 16.4. The Hall–Kier alpha value is -3.92. The lowest BCUT2D eigenvalue weighted by Gasteiger charge is -2.10. The largest absolute Gasteiger partial charge is 0.493 e. The maximum Gasteiger partial charge on any atom is 0.331 e. The van der Waals surface area contributed by atoms with Crippen LogP contribution >= 0.6 is 11.6 Å². The van der Waals surface area contributed by atoms with Gasteiger partial charge in [0.2, 0.25) is 5.89 Å². The number of non-ortho nitro benzene ring substituents is 1. The highest BCUT2D eigenvalue weighted by atomic mass is 35.5. The van der Waals surface area contributed by atoms with E-state index in [4.69, 9.17) is 30.2 Å². The van der Waals surface area contributed by atoms with Gasteiger partial charge in [-0.3, -0.25) is 10.1 Å². The van der Waals surface area contributed by atoms with Crippen molar-refractivity contribution in [2.75, 3.05) is 14.2 Å². The van der Waals surface area contributed by atoms with Gasteiger partial charge in [-0.2, -0.15) is 0 Å². The Morgan fingerprint density at radius 1 is 1.19 bits per heavy atom. The molecule has 0 spiro atoms. The lowest BCUT2D eigenvalue weighted by molar-refractivity contribution is -0.384. The first-order valence-corrected chi connectivity index (χ1v) is 9.12. The first kappa shape index (κ1) is 21.8. The van der Waals surface area contributed by atoms with Crippen LogP contribution in [0.3, 0.4) is 0 Å². The maximum atomic E-state index is 12.0. The molecule has 0 unspecified atom stereocenters. The molecule has 0 saturated carbocycles. The summed E-state index contributed by atoms with van der Waals surface area (Å²) in [4.78, 5) is 22.2. The summed E-state index contributed by atoms with van der Waals surface area (Å²) in [7, 11) is 2.95. The summed E-state index contributed by atoms with van der Waals surface area (Å²) < 4.78 is 20.9. The molecule has 0 fully saturated rings. The van der Waals surface area contributed by atoms with Crippen molar-refractivity contribution in [2.24, 2.45) is 0 Å². The van der Waals surface area contributed by atoms with Gasteiger partial charge in [0.25, 0.3) is 11.6 Å². The lowest BCUT2D eigenvalue weighted by atomic mass is 10.2. The lowest BCUT2D eigenvalue weighted by Crippen LogP contribution is -2.01. The normalized spacial score (nSPS) is 10.8. The van der Waals surface area contributed by atoms with Crippen LogP contribution in [0.15, 0.2) is 46.9 Å². The number of hydrogen-bond donors (Lipinski definition) is 0. The summed E-state index contributed by atoms with van der Waals surface area (Å²) in [6.45, 7) is -0.240. The minimum absolute atomic E-state index is 0.0556. The SMILES string of the molecule is COc1cc(/C=C/C(=O)OCc2nnc(-c3ccc([N+](=O)[O-])cc3)o2)cc(Cl)c1OC. The molecule has 0 saturated heterocycles. The van der Waals surface area contributed by atoms with Crippen molar-refractivity contribution < 1.29 is 28.3 Å². The third-order valence-corrected chi connectivity index (χ3v) is 4.28. The van der Waals surface area contributed by atoms with Gasteiger partial charge in [0.05, 0.1) is 24.2 Å². The standard InChI is InChI=1S/C20H16ClN3O7/c1-28-16-10-12(9-15(21)19(16)29-2)3-8-18(25)30-11-17-22-23-20(31-17)13-4-6-14(7-5-13)24(26)27/h3-10H,11H2,1-2H3/b8-3+. The van der Waals surface area contributed by atoms with Crippen molar-refractivity contribution in [2.45, 2.75) is 6.61 Å². The Labute approximate surface area is 181 Å². The van der Waals surface area contributed by atoms with E-state index in [-0.39, 0.29) is 24.1 Å². The first-order chi connectivity index (χ1) is 14.9.